The number of piperidine rings is 2. The van der Waals surface area contributed by atoms with E-state index >= 15 is 0 Å². The van der Waals surface area contributed by atoms with Gasteiger partial charge in [0.2, 0.25) is 0 Å². The van der Waals surface area contributed by atoms with E-state index in [0.29, 0.717) is 10.8 Å². The highest BCUT2D eigenvalue weighted by Gasteiger charge is 2.35. The Balaban J connectivity index is 0.000000146. The molecule has 0 aromatic rings. The van der Waals surface area contributed by atoms with E-state index in [1.165, 1.54) is 90.9 Å². The molecule has 8 nitrogen and oxygen atoms in total. The Labute approximate surface area is 155 Å². The summed E-state index contributed by atoms with van der Waals surface area (Å²) in [6, 6.07) is 0. The van der Waals surface area contributed by atoms with Gasteiger partial charge in [-0.2, -0.15) is 0 Å². The van der Waals surface area contributed by atoms with E-state index in [4.69, 9.17) is 19.8 Å². The smallest absolute Gasteiger partial charge is 0.414 e. The first-order chi connectivity index (χ1) is 12.5. The fourth-order valence-electron chi connectivity index (χ4n) is 4.38. The van der Waals surface area contributed by atoms with Gasteiger partial charge in [-0.25, -0.2) is 9.59 Å². The molecule has 4 heterocycles. The summed E-state index contributed by atoms with van der Waals surface area (Å²) in [5.74, 6) is -3.65. The zero-order valence-electron chi connectivity index (χ0n) is 15.6. The first kappa shape index (κ1) is 21.1. The first-order valence-corrected chi connectivity index (χ1v) is 9.76. The normalized spacial score (nSPS) is 33.1. The Morgan fingerprint density at radius 2 is 0.923 bits per heavy atom. The summed E-state index contributed by atoms with van der Waals surface area (Å²) in [5.41, 5.74) is 1.30. The lowest BCUT2D eigenvalue weighted by atomic mass is 9.80. The van der Waals surface area contributed by atoms with Crippen LogP contribution in [0.1, 0.15) is 38.5 Å². The van der Waals surface area contributed by atoms with E-state index in [9.17, 15) is 0 Å². The molecule has 26 heavy (non-hydrogen) atoms. The second-order valence-electron chi connectivity index (χ2n) is 8.02. The molecular weight excluding hydrogens is 336 g/mol. The number of hydrogen-bond acceptors (Lipinski definition) is 6. The van der Waals surface area contributed by atoms with Crippen molar-refractivity contribution in [2.24, 2.45) is 10.8 Å². The van der Waals surface area contributed by atoms with Crippen molar-refractivity contribution >= 4 is 11.9 Å². The van der Waals surface area contributed by atoms with Crippen LogP contribution in [0.4, 0.5) is 0 Å². The fraction of sp³-hybridized carbons (Fsp3) is 0.889. The second kappa shape index (κ2) is 10.2. The monoisotopic (exact) mass is 370 g/mol. The average molecular weight is 370 g/mol. The Kier molecular flexibility index (Phi) is 8.27. The van der Waals surface area contributed by atoms with Crippen LogP contribution in [-0.2, 0) is 9.59 Å². The molecule has 0 bridgehead atoms. The van der Waals surface area contributed by atoms with E-state index in [0.717, 1.165) is 0 Å². The molecular formula is C18H34N4O4. The number of carboxylic acids is 2. The molecule has 4 rings (SSSR count). The van der Waals surface area contributed by atoms with Crippen LogP contribution in [0.5, 0.6) is 0 Å². The molecule has 4 aliphatic rings. The summed E-state index contributed by atoms with van der Waals surface area (Å²) in [6.45, 7) is 9.95. The van der Waals surface area contributed by atoms with Crippen LogP contribution in [0, 0.1) is 10.8 Å². The molecule has 0 aromatic heterocycles. The Morgan fingerprint density at radius 3 is 1.12 bits per heavy atom. The largest absolute Gasteiger partial charge is 0.473 e. The Morgan fingerprint density at radius 1 is 0.577 bits per heavy atom. The summed E-state index contributed by atoms with van der Waals surface area (Å²) in [5, 5.41) is 28.6. The third kappa shape index (κ3) is 6.50. The van der Waals surface area contributed by atoms with E-state index in [1.807, 2.05) is 0 Å². The number of rotatable bonds is 0. The zero-order valence-corrected chi connectivity index (χ0v) is 15.6. The van der Waals surface area contributed by atoms with E-state index < -0.39 is 11.9 Å². The molecule has 2 atom stereocenters. The van der Waals surface area contributed by atoms with Gasteiger partial charge >= 0.3 is 11.9 Å². The maximum absolute atomic E-state index is 9.10. The summed E-state index contributed by atoms with van der Waals surface area (Å²) < 4.78 is 0. The van der Waals surface area contributed by atoms with Gasteiger partial charge in [0.05, 0.1) is 0 Å². The minimum Gasteiger partial charge on any atom is -0.473 e. The van der Waals surface area contributed by atoms with E-state index in [1.54, 1.807) is 0 Å². The summed E-state index contributed by atoms with van der Waals surface area (Å²) in [6.07, 6.45) is 8.41. The van der Waals surface area contributed by atoms with E-state index in [-0.39, 0.29) is 0 Å². The number of carbonyl (C=O) groups is 2. The van der Waals surface area contributed by atoms with Crippen molar-refractivity contribution in [3.63, 3.8) is 0 Å². The van der Waals surface area contributed by atoms with Crippen LogP contribution < -0.4 is 21.3 Å². The molecule has 0 aromatic carbocycles. The Hall–Kier alpha value is -1.22. The molecule has 4 aliphatic heterocycles. The third-order valence-corrected chi connectivity index (χ3v) is 5.97. The molecule has 0 saturated carbocycles. The van der Waals surface area contributed by atoms with E-state index in [2.05, 4.69) is 21.3 Å². The highest BCUT2D eigenvalue weighted by atomic mass is 16.4. The molecule has 6 N–H and O–H groups in total. The van der Waals surface area contributed by atoms with Crippen LogP contribution in [0.25, 0.3) is 0 Å². The van der Waals surface area contributed by atoms with Gasteiger partial charge in [0, 0.05) is 26.2 Å². The minimum absolute atomic E-state index is 0.651. The van der Waals surface area contributed by atoms with Crippen molar-refractivity contribution in [2.75, 3.05) is 52.4 Å². The number of nitrogens with one attached hydrogen (secondary N) is 4. The highest BCUT2D eigenvalue weighted by Crippen LogP contribution is 2.32. The van der Waals surface area contributed by atoms with Gasteiger partial charge < -0.3 is 31.5 Å². The van der Waals surface area contributed by atoms with Crippen molar-refractivity contribution in [1.29, 1.82) is 0 Å². The van der Waals surface area contributed by atoms with Crippen molar-refractivity contribution in [1.82, 2.24) is 21.3 Å². The predicted octanol–water partition coefficient (Wildman–Crippen LogP) is -0.145. The SMILES string of the molecule is C1CNCC2(C1)CCNC2.C1CNCC2(C1)CCNC2.O=C(O)C(=O)O. The molecule has 0 aliphatic carbocycles. The van der Waals surface area contributed by atoms with Gasteiger partial charge in [0.25, 0.3) is 0 Å². The average Bonchev–Trinajstić information content (AvgIpc) is 3.28. The quantitative estimate of drug-likeness (QED) is 0.326. The molecule has 0 amide bonds. The highest BCUT2D eigenvalue weighted by molar-refractivity contribution is 6.27. The van der Waals surface area contributed by atoms with Crippen LogP contribution in [0.2, 0.25) is 0 Å². The predicted molar refractivity (Wildman–Crippen MR) is 99.3 cm³/mol. The maximum atomic E-state index is 9.10. The van der Waals surface area contributed by atoms with Crippen LogP contribution in [-0.4, -0.2) is 74.5 Å². The molecule has 2 unspecified atom stereocenters. The third-order valence-electron chi connectivity index (χ3n) is 5.97. The molecule has 4 fully saturated rings. The van der Waals surface area contributed by atoms with Crippen LogP contribution in [0.15, 0.2) is 0 Å². The summed E-state index contributed by atoms with van der Waals surface area (Å²) >= 11 is 0. The fourth-order valence-corrected chi connectivity index (χ4v) is 4.38. The molecule has 0 radical (unpaired) electrons. The molecule has 4 saturated heterocycles. The lowest BCUT2D eigenvalue weighted by Gasteiger charge is -2.32. The van der Waals surface area contributed by atoms with Gasteiger partial charge in [-0.3, -0.25) is 0 Å². The summed E-state index contributed by atoms with van der Waals surface area (Å²) in [7, 11) is 0. The van der Waals surface area contributed by atoms with Gasteiger partial charge in [0.15, 0.2) is 0 Å². The lowest BCUT2D eigenvalue weighted by molar-refractivity contribution is -0.159. The maximum Gasteiger partial charge on any atom is 0.414 e. The zero-order chi connectivity index (χ0) is 18.9. The van der Waals surface area contributed by atoms with Gasteiger partial charge in [-0.05, 0) is 75.5 Å². The van der Waals surface area contributed by atoms with Crippen molar-refractivity contribution < 1.29 is 19.8 Å². The van der Waals surface area contributed by atoms with Gasteiger partial charge in [-0.15, -0.1) is 0 Å². The molecule has 150 valence electrons. The topological polar surface area (TPSA) is 123 Å². The van der Waals surface area contributed by atoms with Crippen molar-refractivity contribution in [3.8, 4) is 0 Å². The molecule has 8 heteroatoms. The minimum atomic E-state index is -1.82. The number of carboxylic acid groups (broad SMARTS) is 2. The van der Waals surface area contributed by atoms with Crippen LogP contribution >= 0.6 is 0 Å². The lowest BCUT2D eigenvalue weighted by Crippen LogP contribution is -2.41. The first-order valence-electron chi connectivity index (χ1n) is 9.76. The van der Waals surface area contributed by atoms with Crippen molar-refractivity contribution in [3.05, 3.63) is 0 Å². The standard InChI is InChI=1S/2C8H16N2.C2H2O4/c2*1-2-8(6-9-4-1)3-5-10-7-8;3-1(4)2(5)6/h2*9-10H,1-7H2;(H,3,4)(H,5,6). The summed E-state index contributed by atoms with van der Waals surface area (Å²) in [4.78, 5) is 18.2. The second-order valence-corrected chi connectivity index (χ2v) is 8.02. The van der Waals surface area contributed by atoms with Crippen molar-refractivity contribution in [2.45, 2.75) is 38.5 Å². The molecule has 2 spiro atoms. The number of aliphatic carboxylic acids is 2. The Bertz CT molecular complexity index is 402. The van der Waals surface area contributed by atoms with Gasteiger partial charge in [-0.1, -0.05) is 0 Å². The van der Waals surface area contributed by atoms with Gasteiger partial charge in [0.1, 0.15) is 0 Å². The number of hydrogen-bond donors (Lipinski definition) is 6. The van der Waals surface area contributed by atoms with Crippen LogP contribution in [0.3, 0.4) is 0 Å².